The Labute approximate surface area is 213 Å². The summed E-state index contributed by atoms with van der Waals surface area (Å²) >= 11 is 12.2. The van der Waals surface area contributed by atoms with Gasteiger partial charge in [0.2, 0.25) is 5.91 Å². The number of carbonyl (C=O) groups is 2. The van der Waals surface area contributed by atoms with E-state index in [1.807, 2.05) is 45.0 Å². The van der Waals surface area contributed by atoms with Crippen LogP contribution in [0.2, 0.25) is 10.0 Å². The SMILES string of the molecule is CCC(C(=O)NCC(C)C)N(Cc1ccc(Cl)c(Cl)c1)C(=O)COc1ccc(C(C)(C)C)cc1. The van der Waals surface area contributed by atoms with Crippen LogP contribution in [0.1, 0.15) is 59.1 Å². The third-order valence-electron chi connectivity index (χ3n) is 5.49. The number of carbonyl (C=O) groups excluding carboxylic acids is 2. The molecule has 1 atom stereocenters. The number of ether oxygens (including phenoxy) is 1. The van der Waals surface area contributed by atoms with Gasteiger partial charge in [0.25, 0.3) is 5.91 Å². The van der Waals surface area contributed by atoms with Crippen LogP contribution < -0.4 is 10.1 Å². The van der Waals surface area contributed by atoms with Gasteiger partial charge in [-0.1, -0.05) is 82.9 Å². The van der Waals surface area contributed by atoms with Crippen molar-refractivity contribution in [3.8, 4) is 5.75 Å². The number of nitrogens with zero attached hydrogens (tertiary/aromatic N) is 1. The molecule has 7 heteroatoms. The summed E-state index contributed by atoms with van der Waals surface area (Å²) in [5.74, 6) is 0.449. The van der Waals surface area contributed by atoms with E-state index in [9.17, 15) is 9.59 Å². The first-order valence-corrected chi connectivity index (χ1v) is 12.4. The molecule has 0 aliphatic rings. The van der Waals surface area contributed by atoms with Gasteiger partial charge >= 0.3 is 0 Å². The van der Waals surface area contributed by atoms with Crippen molar-refractivity contribution in [1.82, 2.24) is 10.2 Å². The third kappa shape index (κ3) is 8.21. The van der Waals surface area contributed by atoms with Gasteiger partial charge in [-0.2, -0.15) is 0 Å². The molecule has 186 valence electrons. The number of hydrogen-bond donors (Lipinski definition) is 1. The number of amides is 2. The normalized spacial score (nSPS) is 12.4. The highest BCUT2D eigenvalue weighted by atomic mass is 35.5. The average molecular weight is 508 g/mol. The Morgan fingerprint density at radius 3 is 2.21 bits per heavy atom. The van der Waals surface area contributed by atoms with E-state index in [4.69, 9.17) is 27.9 Å². The lowest BCUT2D eigenvalue weighted by Gasteiger charge is -2.31. The van der Waals surface area contributed by atoms with E-state index in [2.05, 4.69) is 26.1 Å². The summed E-state index contributed by atoms with van der Waals surface area (Å²) in [6.45, 7) is 13.0. The summed E-state index contributed by atoms with van der Waals surface area (Å²) in [7, 11) is 0. The maximum absolute atomic E-state index is 13.3. The molecular weight excluding hydrogens is 471 g/mol. The second-order valence-electron chi connectivity index (χ2n) is 9.90. The minimum absolute atomic E-state index is 0.0305. The smallest absolute Gasteiger partial charge is 0.261 e. The van der Waals surface area contributed by atoms with Crippen LogP contribution in [-0.2, 0) is 21.5 Å². The predicted octanol–water partition coefficient (Wildman–Crippen LogP) is 6.25. The fourth-order valence-electron chi connectivity index (χ4n) is 3.46. The van der Waals surface area contributed by atoms with E-state index in [0.29, 0.717) is 34.7 Å². The Balaban J connectivity index is 2.21. The van der Waals surface area contributed by atoms with Crippen LogP contribution in [-0.4, -0.2) is 35.9 Å². The minimum Gasteiger partial charge on any atom is -0.484 e. The Kier molecular flexibility index (Phi) is 10.3. The topological polar surface area (TPSA) is 58.6 Å². The molecule has 2 aromatic carbocycles. The lowest BCUT2D eigenvalue weighted by Crippen LogP contribution is -2.50. The molecule has 1 unspecified atom stereocenters. The van der Waals surface area contributed by atoms with Crippen molar-refractivity contribution < 1.29 is 14.3 Å². The van der Waals surface area contributed by atoms with Crippen molar-refractivity contribution in [3.05, 3.63) is 63.6 Å². The van der Waals surface area contributed by atoms with Gasteiger partial charge in [0.15, 0.2) is 6.61 Å². The van der Waals surface area contributed by atoms with Crippen molar-refractivity contribution in [2.45, 2.75) is 66.0 Å². The highest BCUT2D eigenvalue weighted by Crippen LogP contribution is 2.25. The van der Waals surface area contributed by atoms with E-state index >= 15 is 0 Å². The van der Waals surface area contributed by atoms with Crippen LogP contribution in [0.4, 0.5) is 0 Å². The van der Waals surface area contributed by atoms with E-state index in [1.165, 1.54) is 5.56 Å². The largest absolute Gasteiger partial charge is 0.484 e. The molecule has 0 aromatic heterocycles. The molecule has 0 fully saturated rings. The lowest BCUT2D eigenvalue weighted by molar-refractivity contribution is -0.143. The summed E-state index contributed by atoms with van der Waals surface area (Å²) in [4.78, 5) is 27.8. The summed E-state index contributed by atoms with van der Waals surface area (Å²) in [6.07, 6.45) is 0.470. The summed E-state index contributed by atoms with van der Waals surface area (Å²) in [5, 5.41) is 3.79. The van der Waals surface area contributed by atoms with E-state index in [0.717, 1.165) is 5.56 Å². The van der Waals surface area contributed by atoms with Gasteiger partial charge in [-0.15, -0.1) is 0 Å². The zero-order valence-electron chi connectivity index (χ0n) is 21.0. The van der Waals surface area contributed by atoms with Crippen LogP contribution in [0.15, 0.2) is 42.5 Å². The number of nitrogens with one attached hydrogen (secondary N) is 1. The van der Waals surface area contributed by atoms with E-state index in [1.54, 1.807) is 23.1 Å². The van der Waals surface area contributed by atoms with Crippen molar-refractivity contribution in [2.24, 2.45) is 5.92 Å². The van der Waals surface area contributed by atoms with Gasteiger partial charge in [-0.05, 0) is 53.1 Å². The first kappa shape index (κ1) is 28.0. The molecular formula is C27H36Cl2N2O3. The minimum atomic E-state index is -0.632. The van der Waals surface area contributed by atoms with Gasteiger partial charge in [-0.3, -0.25) is 9.59 Å². The second-order valence-corrected chi connectivity index (χ2v) is 10.7. The Hall–Kier alpha value is -2.24. The van der Waals surface area contributed by atoms with Crippen molar-refractivity contribution in [3.63, 3.8) is 0 Å². The van der Waals surface area contributed by atoms with Crippen LogP contribution in [0.5, 0.6) is 5.75 Å². The molecule has 0 heterocycles. The molecule has 2 amide bonds. The highest BCUT2D eigenvalue weighted by molar-refractivity contribution is 6.42. The summed E-state index contributed by atoms with van der Waals surface area (Å²) < 4.78 is 5.80. The molecule has 0 radical (unpaired) electrons. The number of hydrogen-bond acceptors (Lipinski definition) is 3. The zero-order valence-corrected chi connectivity index (χ0v) is 22.5. The first-order valence-electron chi connectivity index (χ1n) is 11.7. The van der Waals surface area contributed by atoms with Gasteiger partial charge in [0, 0.05) is 13.1 Å². The third-order valence-corrected chi connectivity index (χ3v) is 6.23. The number of halogens is 2. The maximum Gasteiger partial charge on any atom is 0.261 e. The molecule has 2 rings (SSSR count). The van der Waals surface area contributed by atoms with Crippen LogP contribution in [0.3, 0.4) is 0 Å². The van der Waals surface area contributed by atoms with Crippen LogP contribution >= 0.6 is 23.2 Å². The molecule has 0 aliphatic carbocycles. The Bertz CT molecular complexity index is 969. The molecule has 0 aliphatic heterocycles. The average Bonchev–Trinajstić information content (AvgIpc) is 2.78. The molecule has 34 heavy (non-hydrogen) atoms. The van der Waals surface area contributed by atoms with Crippen LogP contribution in [0, 0.1) is 5.92 Å². The molecule has 0 spiro atoms. The van der Waals surface area contributed by atoms with Crippen molar-refractivity contribution in [1.29, 1.82) is 0 Å². The molecule has 2 aromatic rings. The maximum atomic E-state index is 13.3. The monoisotopic (exact) mass is 506 g/mol. The number of benzene rings is 2. The van der Waals surface area contributed by atoms with Crippen molar-refractivity contribution >= 4 is 35.0 Å². The summed E-state index contributed by atoms with van der Waals surface area (Å²) in [5.41, 5.74) is 2.00. The molecule has 5 nitrogen and oxygen atoms in total. The van der Waals surface area contributed by atoms with E-state index in [-0.39, 0.29) is 30.4 Å². The van der Waals surface area contributed by atoms with Gasteiger partial charge in [-0.25, -0.2) is 0 Å². The molecule has 0 saturated carbocycles. The van der Waals surface area contributed by atoms with Gasteiger partial charge in [0.1, 0.15) is 11.8 Å². The van der Waals surface area contributed by atoms with Gasteiger partial charge in [0.05, 0.1) is 10.0 Å². The quantitative estimate of drug-likeness (QED) is 0.414. The Morgan fingerprint density at radius 2 is 1.68 bits per heavy atom. The molecule has 0 saturated heterocycles. The number of rotatable bonds is 10. The van der Waals surface area contributed by atoms with Gasteiger partial charge < -0.3 is 15.0 Å². The fraction of sp³-hybridized carbons (Fsp3) is 0.481. The van der Waals surface area contributed by atoms with Crippen molar-refractivity contribution in [2.75, 3.05) is 13.2 Å². The second kappa shape index (κ2) is 12.5. The predicted molar refractivity (Wildman–Crippen MR) is 140 cm³/mol. The highest BCUT2D eigenvalue weighted by Gasteiger charge is 2.29. The molecule has 0 bridgehead atoms. The molecule has 1 N–H and O–H groups in total. The Morgan fingerprint density at radius 1 is 1.03 bits per heavy atom. The lowest BCUT2D eigenvalue weighted by atomic mass is 9.87. The fourth-order valence-corrected chi connectivity index (χ4v) is 3.78. The standard InChI is InChI=1S/C27H36Cl2N2O3/c1-7-24(26(33)30-15-18(2)3)31(16-19-8-13-22(28)23(29)14-19)25(32)17-34-21-11-9-20(10-12-21)27(4,5)6/h8-14,18,24H,7,15-17H2,1-6H3,(H,30,33). The summed E-state index contributed by atoms with van der Waals surface area (Å²) in [6, 6.07) is 12.3. The first-order chi connectivity index (χ1) is 15.9. The van der Waals surface area contributed by atoms with E-state index < -0.39 is 6.04 Å². The van der Waals surface area contributed by atoms with Crippen LogP contribution in [0.25, 0.3) is 0 Å². The zero-order chi connectivity index (χ0) is 25.5.